The van der Waals surface area contributed by atoms with E-state index >= 15 is 0 Å². The molecular formula is C18H22N6O. The van der Waals surface area contributed by atoms with Crippen molar-refractivity contribution >= 4 is 17.0 Å². The van der Waals surface area contributed by atoms with Gasteiger partial charge in [0, 0.05) is 11.6 Å². The summed E-state index contributed by atoms with van der Waals surface area (Å²) in [5.74, 6) is 2.14. The third kappa shape index (κ3) is 2.80. The number of piperidine rings is 1. The summed E-state index contributed by atoms with van der Waals surface area (Å²) >= 11 is 0. The zero-order valence-electron chi connectivity index (χ0n) is 14.5. The summed E-state index contributed by atoms with van der Waals surface area (Å²) in [6, 6.07) is 8.29. The Morgan fingerprint density at radius 1 is 1.12 bits per heavy atom. The van der Waals surface area contributed by atoms with Crippen LogP contribution in [0.2, 0.25) is 0 Å². The Labute approximate surface area is 146 Å². The van der Waals surface area contributed by atoms with E-state index in [9.17, 15) is 0 Å². The van der Waals surface area contributed by atoms with Crippen LogP contribution in [-0.2, 0) is 0 Å². The topological polar surface area (TPSA) is 82.1 Å². The summed E-state index contributed by atoms with van der Waals surface area (Å²) in [5, 5.41) is 0. The summed E-state index contributed by atoms with van der Waals surface area (Å²) < 4.78 is 7.50. The second kappa shape index (κ2) is 6.33. The fourth-order valence-corrected chi connectivity index (χ4v) is 3.47. The second-order valence-corrected chi connectivity index (χ2v) is 6.50. The molecule has 0 saturated carbocycles. The van der Waals surface area contributed by atoms with Crippen LogP contribution >= 0.6 is 0 Å². The molecule has 1 aromatic carbocycles. The predicted molar refractivity (Wildman–Crippen MR) is 97.5 cm³/mol. The number of hydrogen-bond donors (Lipinski definition) is 1. The van der Waals surface area contributed by atoms with Crippen molar-refractivity contribution in [3.8, 4) is 17.1 Å². The quantitative estimate of drug-likeness (QED) is 0.789. The normalized spacial score (nSPS) is 16.4. The molecule has 1 saturated heterocycles. The molecule has 7 nitrogen and oxygen atoms in total. The first kappa shape index (κ1) is 15.8. The van der Waals surface area contributed by atoms with Crippen molar-refractivity contribution in [1.82, 2.24) is 24.4 Å². The van der Waals surface area contributed by atoms with Crippen molar-refractivity contribution in [3.63, 3.8) is 0 Å². The largest absolute Gasteiger partial charge is 0.497 e. The Kier molecular flexibility index (Phi) is 4.01. The van der Waals surface area contributed by atoms with E-state index in [1.807, 2.05) is 24.3 Å². The van der Waals surface area contributed by atoms with Gasteiger partial charge < -0.3 is 19.9 Å². The van der Waals surface area contributed by atoms with Crippen LogP contribution in [0.25, 0.3) is 22.6 Å². The van der Waals surface area contributed by atoms with Crippen LogP contribution in [0, 0.1) is 0 Å². The summed E-state index contributed by atoms with van der Waals surface area (Å²) in [4.78, 5) is 15.7. The van der Waals surface area contributed by atoms with Gasteiger partial charge >= 0.3 is 0 Å². The van der Waals surface area contributed by atoms with Gasteiger partial charge in [-0.1, -0.05) is 0 Å². The van der Waals surface area contributed by atoms with E-state index in [4.69, 9.17) is 15.5 Å². The molecule has 1 aliphatic rings. The Morgan fingerprint density at radius 2 is 1.84 bits per heavy atom. The van der Waals surface area contributed by atoms with Crippen molar-refractivity contribution in [2.45, 2.75) is 18.9 Å². The van der Waals surface area contributed by atoms with Crippen LogP contribution in [0.1, 0.15) is 18.9 Å². The number of hydrogen-bond acceptors (Lipinski definition) is 6. The van der Waals surface area contributed by atoms with E-state index in [1.54, 1.807) is 7.11 Å². The number of benzene rings is 1. The van der Waals surface area contributed by atoms with Crippen molar-refractivity contribution in [1.29, 1.82) is 0 Å². The summed E-state index contributed by atoms with van der Waals surface area (Å²) in [7, 11) is 3.83. The van der Waals surface area contributed by atoms with Crippen LogP contribution in [0.5, 0.6) is 5.75 Å². The van der Waals surface area contributed by atoms with E-state index in [1.165, 1.54) is 6.33 Å². The standard InChI is InChI=1S/C18H22N6O/c1-23-9-7-13(8-10-23)24-17(12-3-5-14(25-2)6-4-12)22-15-16(19)20-11-21-18(15)24/h3-6,11,13H,7-10H2,1-2H3,(H2,19,20,21). The molecule has 1 aliphatic heterocycles. The number of aromatic nitrogens is 4. The Morgan fingerprint density at radius 3 is 2.52 bits per heavy atom. The molecule has 0 unspecified atom stereocenters. The lowest BCUT2D eigenvalue weighted by molar-refractivity contribution is 0.224. The maximum absolute atomic E-state index is 6.06. The molecule has 2 aromatic heterocycles. The highest BCUT2D eigenvalue weighted by Crippen LogP contribution is 2.33. The van der Waals surface area contributed by atoms with E-state index in [-0.39, 0.29) is 0 Å². The van der Waals surface area contributed by atoms with Gasteiger partial charge in [-0.15, -0.1) is 0 Å². The van der Waals surface area contributed by atoms with Crippen LogP contribution in [0.3, 0.4) is 0 Å². The molecule has 130 valence electrons. The average Bonchev–Trinajstić information content (AvgIpc) is 3.03. The molecule has 0 atom stereocenters. The first-order valence-corrected chi connectivity index (χ1v) is 8.48. The monoisotopic (exact) mass is 338 g/mol. The Hall–Kier alpha value is -2.67. The SMILES string of the molecule is COc1ccc(-c2nc3c(N)ncnc3n2C2CCN(C)CC2)cc1. The number of nitrogens with two attached hydrogens (primary N) is 1. The third-order valence-electron chi connectivity index (χ3n) is 4.91. The van der Waals surface area contributed by atoms with Crippen molar-refractivity contribution < 1.29 is 4.74 Å². The van der Waals surface area contributed by atoms with Gasteiger partial charge in [-0.2, -0.15) is 0 Å². The van der Waals surface area contributed by atoms with E-state index in [0.29, 0.717) is 17.4 Å². The molecule has 0 aliphatic carbocycles. The zero-order valence-corrected chi connectivity index (χ0v) is 14.5. The van der Waals surface area contributed by atoms with Gasteiger partial charge in [-0.25, -0.2) is 15.0 Å². The molecule has 1 fully saturated rings. The van der Waals surface area contributed by atoms with E-state index in [2.05, 4.69) is 26.5 Å². The molecule has 25 heavy (non-hydrogen) atoms. The number of ether oxygens (including phenoxy) is 1. The summed E-state index contributed by atoms with van der Waals surface area (Å²) in [6.07, 6.45) is 3.65. The van der Waals surface area contributed by atoms with Gasteiger partial charge in [-0.05, 0) is 57.2 Å². The molecule has 0 radical (unpaired) electrons. The predicted octanol–water partition coefficient (Wildman–Crippen LogP) is 2.35. The minimum Gasteiger partial charge on any atom is -0.497 e. The molecule has 2 N–H and O–H groups in total. The van der Waals surface area contributed by atoms with E-state index < -0.39 is 0 Å². The van der Waals surface area contributed by atoms with Crippen LogP contribution in [0.15, 0.2) is 30.6 Å². The number of anilines is 1. The highest BCUT2D eigenvalue weighted by molar-refractivity contribution is 5.85. The summed E-state index contributed by atoms with van der Waals surface area (Å²) in [5.41, 5.74) is 8.57. The van der Waals surface area contributed by atoms with E-state index in [0.717, 1.165) is 48.7 Å². The molecular weight excluding hydrogens is 316 g/mol. The second-order valence-electron chi connectivity index (χ2n) is 6.50. The number of fused-ring (bicyclic) bond motifs is 1. The molecule has 0 amide bonds. The van der Waals surface area contributed by atoms with Gasteiger partial charge in [0.15, 0.2) is 17.0 Å². The number of rotatable bonds is 3. The fraction of sp³-hybridized carbons (Fsp3) is 0.389. The Balaban J connectivity index is 1.87. The highest BCUT2D eigenvalue weighted by atomic mass is 16.5. The number of nitrogens with zero attached hydrogens (tertiary/aromatic N) is 5. The fourth-order valence-electron chi connectivity index (χ4n) is 3.47. The molecule has 3 heterocycles. The van der Waals surface area contributed by atoms with Gasteiger partial charge in [0.2, 0.25) is 0 Å². The lowest BCUT2D eigenvalue weighted by Gasteiger charge is -2.30. The molecule has 3 aromatic rings. The number of methoxy groups -OCH3 is 1. The molecule has 7 heteroatoms. The maximum Gasteiger partial charge on any atom is 0.166 e. The lowest BCUT2D eigenvalue weighted by Crippen LogP contribution is -2.31. The van der Waals surface area contributed by atoms with Gasteiger partial charge in [0.1, 0.15) is 17.9 Å². The highest BCUT2D eigenvalue weighted by Gasteiger charge is 2.25. The number of nitrogen functional groups attached to an aromatic ring is 1. The van der Waals surface area contributed by atoms with Crippen LogP contribution < -0.4 is 10.5 Å². The van der Waals surface area contributed by atoms with Crippen molar-refractivity contribution in [3.05, 3.63) is 30.6 Å². The molecule has 0 bridgehead atoms. The first-order valence-electron chi connectivity index (χ1n) is 8.48. The van der Waals surface area contributed by atoms with Gasteiger partial charge in [0.25, 0.3) is 0 Å². The van der Waals surface area contributed by atoms with Gasteiger partial charge in [-0.3, -0.25) is 0 Å². The van der Waals surface area contributed by atoms with Gasteiger partial charge in [0.05, 0.1) is 7.11 Å². The van der Waals surface area contributed by atoms with Crippen molar-refractivity contribution in [2.24, 2.45) is 0 Å². The lowest BCUT2D eigenvalue weighted by atomic mass is 10.0. The first-order chi connectivity index (χ1) is 12.2. The van der Waals surface area contributed by atoms with Crippen molar-refractivity contribution in [2.75, 3.05) is 33.0 Å². The minimum atomic E-state index is 0.354. The average molecular weight is 338 g/mol. The van der Waals surface area contributed by atoms with Crippen LogP contribution in [0.4, 0.5) is 5.82 Å². The molecule has 0 spiro atoms. The van der Waals surface area contributed by atoms with Crippen LogP contribution in [-0.4, -0.2) is 51.7 Å². The maximum atomic E-state index is 6.06. The third-order valence-corrected chi connectivity index (χ3v) is 4.91. The molecule has 4 rings (SSSR count). The minimum absolute atomic E-state index is 0.354. The summed E-state index contributed by atoms with van der Waals surface area (Å²) in [6.45, 7) is 2.12. The number of likely N-dealkylation sites (tertiary alicyclic amines) is 1. The Bertz CT molecular complexity index is 880. The zero-order chi connectivity index (χ0) is 17.4. The number of imidazole rings is 1. The smallest absolute Gasteiger partial charge is 0.166 e.